The van der Waals surface area contributed by atoms with Crippen molar-refractivity contribution in [3.63, 3.8) is 0 Å². The predicted octanol–water partition coefficient (Wildman–Crippen LogP) is 3.38. The van der Waals surface area contributed by atoms with Gasteiger partial charge in [-0.15, -0.1) is 0 Å². The Labute approximate surface area is 186 Å². The maximum atomic E-state index is 14.0. The van der Waals surface area contributed by atoms with Gasteiger partial charge in [-0.3, -0.25) is 4.79 Å². The molecule has 0 spiro atoms. The number of nitrogens with two attached hydrogens (primary N) is 1. The van der Waals surface area contributed by atoms with E-state index in [-0.39, 0.29) is 18.9 Å². The number of carbonyl (C=O) groups is 1. The zero-order valence-corrected chi connectivity index (χ0v) is 18.2. The topological polar surface area (TPSA) is 91.5 Å². The van der Waals surface area contributed by atoms with Crippen LogP contribution in [-0.4, -0.2) is 41.1 Å². The van der Waals surface area contributed by atoms with E-state index < -0.39 is 29.8 Å². The first-order valence-corrected chi connectivity index (χ1v) is 11.1. The van der Waals surface area contributed by atoms with Gasteiger partial charge >= 0.3 is 0 Å². The molecule has 1 aromatic carbocycles. The lowest BCUT2D eigenvalue weighted by Crippen LogP contribution is -2.54. The molecule has 2 aliphatic rings. The fourth-order valence-corrected chi connectivity index (χ4v) is 4.94. The zero-order chi connectivity index (χ0) is 22.9. The number of hydrogen-bond donors (Lipinski definition) is 3. The summed E-state index contributed by atoms with van der Waals surface area (Å²) < 4.78 is 27.9. The number of halogens is 2. The normalized spacial score (nSPS) is 23.0. The first-order chi connectivity index (χ1) is 15.2. The van der Waals surface area contributed by atoms with Gasteiger partial charge in [-0.2, -0.15) is 0 Å². The summed E-state index contributed by atoms with van der Waals surface area (Å²) in [6, 6.07) is 12.1. The van der Waals surface area contributed by atoms with Gasteiger partial charge in [0.2, 0.25) is 5.92 Å². The minimum Gasteiger partial charge on any atom is -0.384 e. The summed E-state index contributed by atoms with van der Waals surface area (Å²) in [6.45, 7) is 3.31. The van der Waals surface area contributed by atoms with Crippen LogP contribution in [0.15, 0.2) is 42.5 Å². The molecule has 0 bridgehead atoms. The van der Waals surface area contributed by atoms with Crippen molar-refractivity contribution in [3.05, 3.63) is 53.6 Å². The Kier molecular flexibility index (Phi) is 6.07. The van der Waals surface area contributed by atoms with Crippen LogP contribution in [0, 0.1) is 12.8 Å². The summed E-state index contributed by atoms with van der Waals surface area (Å²) >= 11 is 0. The third-order valence-corrected chi connectivity index (χ3v) is 6.68. The predicted molar refractivity (Wildman–Crippen MR) is 119 cm³/mol. The highest BCUT2D eigenvalue weighted by molar-refractivity contribution is 5.87. The summed E-state index contributed by atoms with van der Waals surface area (Å²) in [4.78, 5) is 19.8. The quantitative estimate of drug-likeness (QED) is 0.658. The van der Waals surface area contributed by atoms with Gasteiger partial charge in [0.05, 0.1) is 0 Å². The molecule has 2 fully saturated rings. The summed E-state index contributed by atoms with van der Waals surface area (Å²) in [6.07, 6.45) is 0.612. The molecule has 8 heteroatoms. The van der Waals surface area contributed by atoms with Gasteiger partial charge in [0, 0.05) is 37.9 Å². The second-order valence-corrected chi connectivity index (χ2v) is 9.09. The summed E-state index contributed by atoms with van der Waals surface area (Å²) in [5.74, 6) is -3.01. The lowest BCUT2D eigenvalue weighted by atomic mass is 9.79. The third kappa shape index (κ3) is 4.55. The Hall–Kier alpha value is -2.74. The smallest absolute Gasteiger partial charge is 0.257 e. The molecule has 2 heterocycles. The largest absolute Gasteiger partial charge is 0.384 e. The van der Waals surface area contributed by atoms with E-state index >= 15 is 0 Å². The van der Waals surface area contributed by atoms with Crippen molar-refractivity contribution in [2.75, 3.05) is 23.7 Å². The Bertz CT molecular complexity index is 943. The van der Waals surface area contributed by atoms with Crippen LogP contribution in [0.25, 0.3) is 0 Å². The van der Waals surface area contributed by atoms with Gasteiger partial charge in [-0.05, 0) is 49.4 Å². The molecular weight excluding hydrogens is 414 g/mol. The Balaban J connectivity index is 1.46. The first-order valence-electron chi connectivity index (χ1n) is 11.1. The minimum absolute atomic E-state index is 0.102. The van der Waals surface area contributed by atoms with Crippen molar-refractivity contribution in [3.8, 4) is 0 Å². The second kappa shape index (κ2) is 8.65. The van der Waals surface area contributed by atoms with E-state index in [0.717, 1.165) is 11.4 Å². The van der Waals surface area contributed by atoms with Crippen LogP contribution < -0.4 is 16.0 Å². The highest BCUT2D eigenvalue weighted by Gasteiger charge is 2.53. The molecule has 2 atom stereocenters. The number of nitrogens with zero attached hydrogens (tertiary/aromatic N) is 2. The molecule has 1 aliphatic carbocycles. The molecular formula is C24H30F2N4O2. The van der Waals surface area contributed by atoms with E-state index in [2.05, 4.69) is 15.2 Å². The lowest BCUT2D eigenvalue weighted by Gasteiger charge is -2.37. The van der Waals surface area contributed by atoms with Crippen LogP contribution in [-0.2, 0) is 10.4 Å². The maximum absolute atomic E-state index is 14.0. The number of nitrogen functional groups attached to an aromatic ring is 1. The fraction of sp³-hybridized carbons (Fsp3) is 0.500. The van der Waals surface area contributed by atoms with Gasteiger partial charge in [0.25, 0.3) is 5.91 Å². The lowest BCUT2D eigenvalue weighted by molar-refractivity contribution is -0.149. The molecule has 1 saturated heterocycles. The Morgan fingerprint density at radius 3 is 2.50 bits per heavy atom. The van der Waals surface area contributed by atoms with Crippen molar-refractivity contribution in [1.82, 2.24) is 10.3 Å². The SMILES string of the molecule is Cc1cc(N)nc(N2CCC(NC(=O)[C@](O)(c3ccccc3)[C@@H]3CCC(F)(F)C3)CC2)c1. The number of anilines is 2. The molecule has 6 nitrogen and oxygen atoms in total. The monoisotopic (exact) mass is 444 g/mol. The van der Waals surface area contributed by atoms with Crippen molar-refractivity contribution in [2.24, 2.45) is 5.92 Å². The highest BCUT2D eigenvalue weighted by Crippen LogP contribution is 2.47. The molecule has 4 rings (SSSR count). The van der Waals surface area contributed by atoms with Crippen LogP contribution in [0.2, 0.25) is 0 Å². The van der Waals surface area contributed by atoms with E-state index in [9.17, 15) is 18.7 Å². The molecule has 1 aromatic heterocycles. The number of piperidine rings is 1. The third-order valence-electron chi connectivity index (χ3n) is 6.68. The van der Waals surface area contributed by atoms with Crippen LogP contribution in [0.1, 0.15) is 43.2 Å². The minimum atomic E-state index is -2.86. The number of alkyl halides is 2. The van der Waals surface area contributed by atoms with E-state index in [4.69, 9.17) is 5.73 Å². The van der Waals surface area contributed by atoms with Crippen LogP contribution in [0.5, 0.6) is 0 Å². The molecule has 4 N–H and O–H groups in total. The van der Waals surface area contributed by atoms with E-state index in [0.29, 0.717) is 37.3 Å². The number of aryl methyl sites for hydroxylation is 1. The van der Waals surface area contributed by atoms with E-state index in [1.165, 1.54) is 0 Å². The average molecular weight is 445 g/mol. The summed E-state index contributed by atoms with van der Waals surface area (Å²) in [7, 11) is 0. The average Bonchev–Trinajstić information content (AvgIpc) is 3.13. The number of amides is 1. The van der Waals surface area contributed by atoms with Crippen LogP contribution in [0.3, 0.4) is 0 Å². The van der Waals surface area contributed by atoms with Crippen LogP contribution >= 0.6 is 0 Å². The van der Waals surface area contributed by atoms with Crippen LogP contribution in [0.4, 0.5) is 20.4 Å². The molecule has 2 aromatic rings. The van der Waals surface area contributed by atoms with Crippen molar-refractivity contribution in [2.45, 2.75) is 56.6 Å². The van der Waals surface area contributed by atoms with Gasteiger partial charge in [-0.25, -0.2) is 13.8 Å². The fourth-order valence-electron chi connectivity index (χ4n) is 4.94. The van der Waals surface area contributed by atoms with E-state index in [1.807, 2.05) is 19.1 Å². The molecule has 0 radical (unpaired) electrons. The molecule has 1 saturated carbocycles. The van der Waals surface area contributed by atoms with E-state index in [1.54, 1.807) is 30.3 Å². The second-order valence-electron chi connectivity index (χ2n) is 9.09. The van der Waals surface area contributed by atoms with Crippen molar-refractivity contribution < 1.29 is 18.7 Å². The van der Waals surface area contributed by atoms with Gasteiger partial charge in [0.15, 0.2) is 5.60 Å². The summed E-state index contributed by atoms with van der Waals surface area (Å²) in [5.41, 5.74) is 5.27. The molecule has 0 unspecified atom stereocenters. The standard InChI is InChI=1S/C24H30F2N4O2/c1-16-13-20(27)29-21(14-16)30-11-8-19(9-12-30)28-22(31)24(32,17-5-3-2-4-6-17)18-7-10-23(25,26)15-18/h2-6,13-14,18-19,32H,7-12,15H2,1H3,(H2,27,29)(H,28,31)/t18-,24+/m1/s1. The van der Waals surface area contributed by atoms with Crippen molar-refractivity contribution >= 4 is 17.5 Å². The number of rotatable bonds is 5. The molecule has 32 heavy (non-hydrogen) atoms. The van der Waals surface area contributed by atoms with Gasteiger partial charge < -0.3 is 21.1 Å². The maximum Gasteiger partial charge on any atom is 0.257 e. The number of aromatic nitrogens is 1. The van der Waals surface area contributed by atoms with Gasteiger partial charge in [-0.1, -0.05) is 30.3 Å². The highest BCUT2D eigenvalue weighted by atomic mass is 19.3. The molecule has 172 valence electrons. The molecule has 1 amide bonds. The Morgan fingerprint density at radius 1 is 1.22 bits per heavy atom. The van der Waals surface area contributed by atoms with Gasteiger partial charge in [0.1, 0.15) is 11.6 Å². The Morgan fingerprint density at radius 2 is 1.91 bits per heavy atom. The number of benzene rings is 1. The first kappa shape index (κ1) is 22.5. The number of nitrogens with one attached hydrogen (secondary N) is 1. The zero-order valence-electron chi connectivity index (χ0n) is 18.2. The number of hydrogen-bond acceptors (Lipinski definition) is 5. The molecule has 1 aliphatic heterocycles. The summed E-state index contributed by atoms with van der Waals surface area (Å²) in [5, 5.41) is 14.5. The number of aliphatic hydroxyl groups is 1. The van der Waals surface area contributed by atoms with Crippen molar-refractivity contribution in [1.29, 1.82) is 0 Å². The number of carbonyl (C=O) groups excluding carboxylic acids is 1. The number of pyridine rings is 1.